The topological polar surface area (TPSA) is 41.3 Å². The molecule has 0 atom stereocenters. The molecular formula is C9H23N3. The first-order valence-electron chi connectivity index (χ1n) is 4.90. The van der Waals surface area contributed by atoms with Crippen LogP contribution in [0.4, 0.5) is 0 Å². The largest absolute Gasteiger partial charge is 0.330 e. The molecule has 1 heterocycles. The van der Waals surface area contributed by atoms with Crippen molar-refractivity contribution in [2.24, 2.45) is 5.73 Å². The monoisotopic (exact) mass is 173 g/mol. The molecule has 0 aromatic heterocycles. The van der Waals surface area contributed by atoms with E-state index in [1.807, 2.05) is 0 Å². The molecule has 74 valence electrons. The van der Waals surface area contributed by atoms with Crippen molar-refractivity contribution < 1.29 is 0 Å². The Morgan fingerprint density at radius 1 is 1.33 bits per heavy atom. The summed E-state index contributed by atoms with van der Waals surface area (Å²) >= 11 is 0. The van der Waals surface area contributed by atoms with Crippen LogP contribution in [0.25, 0.3) is 0 Å². The molecule has 3 nitrogen and oxygen atoms in total. The van der Waals surface area contributed by atoms with Gasteiger partial charge in [0.15, 0.2) is 0 Å². The summed E-state index contributed by atoms with van der Waals surface area (Å²) in [7, 11) is 2.15. The molecule has 0 radical (unpaired) electrons. The van der Waals surface area contributed by atoms with E-state index in [2.05, 4.69) is 24.2 Å². The zero-order chi connectivity index (χ0) is 9.23. The summed E-state index contributed by atoms with van der Waals surface area (Å²) in [6.45, 7) is 7.72. The summed E-state index contributed by atoms with van der Waals surface area (Å²) in [4.78, 5) is 2.33. The molecule has 0 spiro atoms. The standard InChI is InChI=1S/C5H12N2.C4H11N/c1-7-4-2-6-3-5-7;1-2-3-4-5/h6H,2-5H2,1H3;2-5H2,1H3. The van der Waals surface area contributed by atoms with Gasteiger partial charge in [-0.2, -0.15) is 0 Å². The molecule has 0 aliphatic carbocycles. The fourth-order valence-electron chi connectivity index (χ4n) is 0.981. The van der Waals surface area contributed by atoms with Crippen LogP contribution in [0.2, 0.25) is 0 Å². The quantitative estimate of drug-likeness (QED) is 0.629. The number of nitrogens with two attached hydrogens (primary N) is 1. The number of hydrogen-bond donors (Lipinski definition) is 2. The molecule has 1 aliphatic rings. The molecule has 1 aliphatic heterocycles. The van der Waals surface area contributed by atoms with Crippen LogP contribution in [0.1, 0.15) is 19.8 Å². The number of likely N-dealkylation sites (N-methyl/N-ethyl adjacent to an activating group) is 1. The summed E-state index contributed by atoms with van der Waals surface area (Å²) in [5.41, 5.74) is 5.14. The molecule has 0 aromatic rings. The molecular weight excluding hydrogens is 150 g/mol. The van der Waals surface area contributed by atoms with Gasteiger partial charge in [-0.05, 0) is 20.0 Å². The Hall–Kier alpha value is -0.120. The van der Waals surface area contributed by atoms with Crippen molar-refractivity contribution in [1.29, 1.82) is 0 Å². The van der Waals surface area contributed by atoms with Gasteiger partial charge in [0.05, 0.1) is 0 Å². The van der Waals surface area contributed by atoms with Gasteiger partial charge in [0, 0.05) is 26.2 Å². The second-order valence-corrected chi connectivity index (χ2v) is 3.20. The Morgan fingerprint density at radius 2 is 1.92 bits per heavy atom. The fraction of sp³-hybridized carbons (Fsp3) is 1.00. The van der Waals surface area contributed by atoms with Crippen molar-refractivity contribution in [2.75, 3.05) is 39.8 Å². The van der Waals surface area contributed by atoms with Crippen LogP contribution in [0.5, 0.6) is 0 Å². The third kappa shape index (κ3) is 7.98. The minimum Gasteiger partial charge on any atom is -0.330 e. The fourth-order valence-corrected chi connectivity index (χ4v) is 0.981. The number of unbranched alkanes of at least 4 members (excludes halogenated alkanes) is 1. The maximum absolute atomic E-state index is 5.14. The van der Waals surface area contributed by atoms with E-state index in [0.29, 0.717) is 0 Å². The van der Waals surface area contributed by atoms with Crippen molar-refractivity contribution >= 4 is 0 Å². The molecule has 0 unspecified atom stereocenters. The van der Waals surface area contributed by atoms with Crippen molar-refractivity contribution in [3.05, 3.63) is 0 Å². The lowest BCUT2D eigenvalue weighted by molar-refractivity contribution is 0.291. The molecule has 3 N–H and O–H groups in total. The zero-order valence-electron chi connectivity index (χ0n) is 8.47. The van der Waals surface area contributed by atoms with Gasteiger partial charge in [-0.15, -0.1) is 0 Å². The molecule has 0 amide bonds. The number of nitrogens with one attached hydrogen (secondary N) is 1. The molecule has 12 heavy (non-hydrogen) atoms. The molecule has 1 fully saturated rings. The molecule has 0 aromatic carbocycles. The van der Waals surface area contributed by atoms with Crippen molar-refractivity contribution in [1.82, 2.24) is 10.2 Å². The predicted octanol–water partition coefficient (Wildman–Crippen LogP) is 0.267. The highest BCUT2D eigenvalue weighted by molar-refractivity contribution is 4.62. The Morgan fingerprint density at radius 3 is 2.08 bits per heavy atom. The third-order valence-corrected chi connectivity index (χ3v) is 1.90. The van der Waals surface area contributed by atoms with E-state index in [1.54, 1.807) is 0 Å². The van der Waals surface area contributed by atoms with Gasteiger partial charge in [-0.1, -0.05) is 13.3 Å². The van der Waals surface area contributed by atoms with E-state index in [-0.39, 0.29) is 0 Å². The van der Waals surface area contributed by atoms with E-state index in [1.165, 1.54) is 25.9 Å². The number of rotatable bonds is 2. The first-order valence-corrected chi connectivity index (χ1v) is 4.90. The van der Waals surface area contributed by atoms with Crippen LogP contribution in [-0.4, -0.2) is 44.7 Å². The molecule has 1 saturated heterocycles. The second-order valence-electron chi connectivity index (χ2n) is 3.20. The van der Waals surface area contributed by atoms with Crippen molar-refractivity contribution in [3.63, 3.8) is 0 Å². The summed E-state index contributed by atoms with van der Waals surface area (Å²) in [6, 6.07) is 0. The summed E-state index contributed by atoms with van der Waals surface area (Å²) in [5.74, 6) is 0. The summed E-state index contributed by atoms with van der Waals surface area (Å²) in [6.07, 6.45) is 2.39. The van der Waals surface area contributed by atoms with Gasteiger partial charge >= 0.3 is 0 Å². The second kappa shape index (κ2) is 8.97. The van der Waals surface area contributed by atoms with Gasteiger partial charge in [0.1, 0.15) is 0 Å². The van der Waals surface area contributed by atoms with Crippen LogP contribution in [0.3, 0.4) is 0 Å². The first-order chi connectivity index (χ1) is 5.81. The summed E-state index contributed by atoms with van der Waals surface area (Å²) < 4.78 is 0. The first kappa shape index (κ1) is 11.9. The zero-order valence-corrected chi connectivity index (χ0v) is 8.47. The minimum atomic E-state index is 0.844. The Kier molecular flexibility index (Phi) is 8.88. The molecule has 3 heteroatoms. The predicted molar refractivity (Wildman–Crippen MR) is 54.3 cm³/mol. The van der Waals surface area contributed by atoms with E-state index < -0.39 is 0 Å². The average molecular weight is 173 g/mol. The van der Waals surface area contributed by atoms with Crippen molar-refractivity contribution in [2.45, 2.75) is 19.8 Å². The highest BCUT2D eigenvalue weighted by Crippen LogP contribution is 1.83. The van der Waals surface area contributed by atoms with Gasteiger partial charge < -0.3 is 16.0 Å². The average Bonchev–Trinajstić information content (AvgIpc) is 2.08. The van der Waals surface area contributed by atoms with Gasteiger partial charge in [-0.3, -0.25) is 0 Å². The number of piperazine rings is 1. The highest BCUT2D eigenvalue weighted by Gasteiger charge is 2.01. The Balaban J connectivity index is 0.000000217. The summed E-state index contributed by atoms with van der Waals surface area (Å²) in [5, 5.41) is 3.27. The normalized spacial score (nSPS) is 18.2. The smallest absolute Gasteiger partial charge is 0.0104 e. The van der Waals surface area contributed by atoms with Crippen molar-refractivity contribution in [3.8, 4) is 0 Å². The Labute approximate surface area is 76.3 Å². The lowest BCUT2D eigenvalue weighted by atomic mass is 10.3. The van der Waals surface area contributed by atoms with E-state index in [4.69, 9.17) is 5.73 Å². The molecule has 0 saturated carbocycles. The van der Waals surface area contributed by atoms with Gasteiger partial charge in [-0.25, -0.2) is 0 Å². The number of hydrogen-bond acceptors (Lipinski definition) is 3. The molecule has 0 bridgehead atoms. The van der Waals surface area contributed by atoms with Crippen LogP contribution >= 0.6 is 0 Å². The van der Waals surface area contributed by atoms with Crippen LogP contribution in [0, 0.1) is 0 Å². The lowest BCUT2D eigenvalue weighted by Gasteiger charge is -2.21. The van der Waals surface area contributed by atoms with E-state index in [9.17, 15) is 0 Å². The van der Waals surface area contributed by atoms with Crippen LogP contribution < -0.4 is 11.1 Å². The molecule has 1 rings (SSSR count). The maximum atomic E-state index is 5.14. The highest BCUT2D eigenvalue weighted by atomic mass is 15.2. The lowest BCUT2D eigenvalue weighted by Crippen LogP contribution is -2.40. The van der Waals surface area contributed by atoms with Gasteiger partial charge in [0.25, 0.3) is 0 Å². The maximum Gasteiger partial charge on any atom is 0.0104 e. The van der Waals surface area contributed by atoms with Gasteiger partial charge in [0.2, 0.25) is 0 Å². The van der Waals surface area contributed by atoms with Crippen LogP contribution in [0.15, 0.2) is 0 Å². The van der Waals surface area contributed by atoms with E-state index >= 15 is 0 Å². The van der Waals surface area contributed by atoms with E-state index in [0.717, 1.165) is 19.6 Å². The Bertz CT molecular complexity index is 77.8. The third-order valence-electron chi connectivity index (χ3n) is 1.90. The SMILES string of the molecule is CCCCN.CN1CCNCC1. The number of nitrogens with zero attached hydrogens (tertiary/aromatic N) is 1. The van der Waals surface area contributed by atoms with Crippen LogP contribution in [-0.2, 0) is 0 Å². The minimum absolute atomic E-state index is 0.844.